The number of non-ortho nitro benzene ring substituents is 1. The Morgan fingerprint density at radius 2 is 1.70 bits per heavy atom. The lowest BCUT2D eigenvalue weighted by Gasteiger charge is -2.07. The Morgan fingerprint density at radius 1 is 1.00 bits per heavy atom. The van der Waals surface area contributed by atoms with Gasteiger partial charge in [0.15, 0.2) is 5.82 Å². The van der Waals surface area contributed by atoms with Gasteiger partial charge >= 0.3 is 0 Å². The van der Waals surface area contributed by atoms with Crippen LogP contribution in [0.5, 0.6) is 0 Å². The highest BCUT2D eigenvalue weighted by Crippen LogP contribution is 2.17. The van der Waals surface area contributed by atoms with Crippen LogP contribution < -0.4 is 4.72 Å². The lowest BCUT2D eigenvalue weighted by molar-refractivity contribution is -0.385. The highest BCUT2D eigenvalue weighted by molar-refractivity contribution is 7.89. The summed E-state index contributed by atoms with van der Waals surface area (Å²) in [5.74, 6) is 0.594. The van der Waals surface area contributed by atoms with Crippen molar-refractivity contribution < 1.29 is 13.3 Å². The van der Waals surface area contributed by atoms with Crippen molar-refractivity contribution in [1.29, 1.82) is 0 Å². The molecule has 27 heavy (non-hydrogen) atoms. The Morgan fingerprint density at radius 3 is 2.37 bits per heavy atom. The van der Waals surface area contributed by atoms with E-state index in [0.717, 1.165) is 17.2 Å². The maximum absolute atomic E-state index is 12.3. The van der Waals surface area contributed by atoms with Crippen molar-refractivity contribution in [3.8, 4) is 11.4 Å². The second-order valence-electron chi connectivity index (χ2n) is 5.68. The standard InChI is InChI=1S/C18H16N4O4S/c23-22(24)16-7-4-8-17(11-16)27(25,26)21-10-9-14-12-19-18(20-13-14)15-5-2-1-3-6-15/h1-8,11-13,21H,9-10H2. The summed E-state index contributed by atoms with van der Waals surface area (Å²) in [6, 6.07) is 14.4. The van der Waals surface area contributed by atoms with E-state index in [9.17, 15) is 18.5 Å². The number of benzene rings is 2. The molecule has 0 saturated heterocycles. The molecule has 8 nitrogen and oxygen atoms in total. The highest BCUT2D eigenvalue weighted by atomic mass is 32.2. The number of nitro benzene ring substituents is 1. The Balaban J connectivity index is 1.62. The number of aromatic nitrogens is 2. The van der Waals surface area contributed by atoms with Gasteiger partial charge in [-0.3, -0.25) is 10.1 Å². The van der Waals surface area contributed by atoms with E-state index in [1.165, 1.54) is 18.2 Å². The van der Waals surface area contributed by atoms with E-state index in [4.69, 9.17) is 0 Å². The Hall–Kier alpha value is -3.17. The molecule has 2 aromatic carbocycles. The molecule has 0 fully saturated rings. The van der Waals surface area contributed by atoms with Gasteiger partial charge in [-0.05, 0) is 18.1 Å². The molecule has 0 saturated carbocycles. The molecule has 0 aliphatic heterocycles. The van der Waals surface area contributed by atoms with Crippen LogP contribution in [0.25, 0.3) is 11.4 Å². The minimum atomic E-state index is -3.83. The van der Waals surface area contributed by atoms with Crippen LogP contribution in [0.15, 0.2) is 71.9 Å². The summed E-state index contributed by atoms with van der Waals surface area (Å²) >= 11 is 0. The molecular weight excluding hydrogens is 368 g/mol. The van der Waals surface area contributed by atoms with Crippen molar-refractivity contribution in [2.75, 3.05) is 6.54 Å². The first kappa shape index (κ1) is 18.6. The van der Waals surface area contributed by atoms with Gasteiger partial charge in [0, 0.05) is 36.6 Å². The summed E-state index contributed by atoms with van der Waals surface area (Å²) < 4.78 is 27.0. The van der Waals surface area contributed by atoms with Gasteiger partial charge in [-0.25, -0.2) is 23.1 Å². The molecule has 3 aromatic rings. The molecule has 0 amide bonds. The Kier molecular flexibility index (Phi) is 5.53. The monoisotopic (exact) mass is 384 g/mol. The van der Waals surface area contributed by atoms with Crippen LogP contribution in [-0.4, -0.2) is 29.9 Å². The minimum Gasteiger partial charge on any atom is -0.258 e. The van der Waals surface area contributed by atoms with E-state index in [2.05, 4.69) is 14.7 Å². The van der Waals surface area contributed by atoms with Crippen LogP contribution in [0.1, 0.15) is 5.56 Å². The van der Waals surface area contributed by atoms with Crippen molar-refractivity contribution in [3.05, 3.63) is 82.7 Å². The molecule has 0 atom stereocenters. The number of nitrogens with zero attached hydrogens (tertiary/aromatic N) is 3. The van der Waals surface area contributed by atoms with Gasteiger partial charge in [0.25, 0.3) is 5.69 Å². The molecule has 1 heterocycles. The third-order valence-electron chi connectivity index (χ3n) is 3.78. The molecule has 3 rings (SSSR count). The van der Waals surface area contributed by atoms with Crippen molar-refractivity contribution in [1.82, 2.24) is 14.7 Å². The SMILES string of the molecule is O=[N+]([O-])c1cccc(S(=O)(=O)NCCc2cnc(-c3ccccc3)nc2)c1. The fourth-order valence-corrected chi connectivity index (χ4v) is 3.47. The van der Waals surface area contributed by atoms with Crippen LogP contribution >= 0.6 is 0 Å². The zero-order chi connectivity index (χ0) is 19.3. The van der Waals surface area contributed by atoms with Crippen LogP contribution in [0.3, 0.4) is 0 Å². The first-order valence-electron chi connectivity index (χ1n) is 8.06. The third kappa shape index (κ3) is 4.72. The lowest BCUT2D eigenvalue weighted by Crippen LogP contribution is -2.26. The zero-order valence-electron chi connectivity index (χ0n) is 14.1. The number of hydrogen-bond donors (Lipinski definition) is 1. The van der Waals surface area contributed by atoms with Crippen LogP contribution in [0.2, 0.25) is 0 Å². The van der Waals surface area contributed by atoms with E-state index in [1.54, 1.807) is 12.4 Å². The van der Waals surface area contributed by atoms with Gasteiger partial charge in [-0.2, -0.15) is 0 Å². The maximum atomic E-state index is 12.3. The van der Waals surface area contributed by atoms with E-state index in [-0.39, 0.29) is 17.1 Å². The van der Waals surface area contributed by atoms with Crippen molar-refractivity contribution in [2.45, 2.75) is 11.3 Å². The normalized spacial score (nSPS) is 11.3. The minimum absolute atomic E-state index is 0.124. The number of rotatable bonds is 7. The van der Waals surface area contributed by atoms with E-state index in [0.29, 0.717) is 12.2 Å². The first-order chi connectivity index (χ1) is 13.0. The van der Waals surface area contributed by atoms with Crippen LogP contribution in [-0.2, 0) is 16.4 Å². The fraction of sp³-hybridized carbons (Fsp3) is 0.111. The maximum Gasteiger partial charge on any atom is 0.270 e. The highest BCUT2D eigenvalue weighted by Gasteiger charge is 2.17. The van der Waals surface area contributed by atoms with Gasteiger partial charge in [0.2, 0.25) is 10.0 Å². The lowest BCUT2D eigenvalue weighted by atomic mass is 10.2. The smallest absolute Gasteiger partial charge is 0.258 e. The van der Waals surface area contributed by atoms with Gasteiger partial charge in [0.05, 0.1) is 9.82 Å². The molecule has 0 spiro atoms. The van der Waals surface area contributed by atoms with Crippen LogP contribution in [0.4, 0.5) is 5.69 Å². The summed E-state index contributed by atoms with van der Waals surface area (Å²) in [4.78, 5) is 18.6. The predicted octanol–water partition coefficient (Wildman–Crippen LogP) is 2.57. The number of hydrogen-bond acceptors (Lipinski definition) is 6. The molecule has 0 bridgehead atoms. The molecule has 0 aliphatic rings. The third-order valence-corrected chi connectivity index (χ3v) is 5.24. The molecule has 1 N–H and O–H groups in total. The van der Waals surface area contributed by atoms with Gasteiger partial charge in [-0.1, -0.05) is 36.4 Å². The summed E-state index contributed by atoms with van der Waals surface area (Å²) in [7, 11) is -3.83. The fourth-order valence-electron chi connectivity index (χ4n) is 2.40. The topological polar surface area (TPSA) is 115 Å². The second-order valence-corrected chi connectivity index (χ2v) is 7.45. The van der Waals surface area contributed by atoms with E-state index >= 15 is 0 Å². The predicted molar refractivity (Wildman–Crippen MR) is 99.5 cm³/mol. The summed E-state index contributed by atoms with van der Waals surface area (Å²) in [5.41, 5.74) is 1.40. The quantitative estimate of drug-likeness (QED) is 0.494. The summed E-state index contributed by atoms with van der Waals surface area (Å²) in [6.07, 6.45) is 3.69. The first-order valence-corrected chi connectivity index (χ1v) is 9.54. The van der Waals surface area contributed by atoms with Crippen molar-refractivity contribution in [3.63, 3.8) is 0 Å². The summed E-state index contributed by atoms with van der Waals surface area (Å²) in [5, 5.41) is 10.8. The summed E-state index contributed by atoms with van der Waals surface area (Å²) in [6.45, 7) is 0.124. The van der Waals surface area contributed by atoms with E-state index < -0.39 is 14.9 Å². The van der Waals surface area contributed by atoms with Gasteiger partial charge in [-0.15, -0.1) is 0 Å². The number of nitro groups is 1. The van der Waals surface area contributed by atoms with Gasteiger partial charge in [0.1, 0.15) is 0 Å². The molecule has 9 heteroatoms. The zero-order valence-corrected chi connectivity index (χ0v) is 15.0. The second kappa shape index (κ2) is 8.02. The van der Waals surface area contributed by atoms with E-state index in [1.807, 2.05) is 30.3 Å². The number of sulfonamides is 1. The Bertz CT molecular complexity index is 1040. The number of nitrogens with one attached hydrogen (secondary N) is 1. The van der Waals surface area contributed by atoms with Crippen LogP contribution in [0, 0.1) is 10.1 Å². The largest absolute Gasteiger partial charge is 0.270 e. The van der Waals surface area contributed by atoms with Crippen molar-refractivity contribution in [2.24, 2.45) is 0 Å². The average Bonchev–Trinajstić information content (AvgIpc) is 2.69. The molecule has 0 radical (unpaired) electrons. The average molecular weight is 384 g/mol. The van der Waals surface area contributed by atoms with Crippen molar-refractivity contribution >= 4 is 15.7 Å². The van der Waals surface area contributed by atoms with Gasteiger partial charge < -0.3 is 0 Å². The molecule has 1 aromatic heterocycles. The molecule has 0 unspecified atom stereocenters. The molecule has 138 valence electrons. The molecular formula is C18H16N4O4S. The molecule has 0 aliphatic carbocycles. The Labute approximate surface area is 156 Å².